The van der Waals surface area contributed by atoms with Gasteiger partial charge in [-0.3, -0.25) is 4.98 Å². The van der Waals surface area contributed by atoms with Gasteiger partial charge in [-0.2, -0.15) is 0 Å². The van der Waals surface area contributed by atoms with Gasteiger partial charge < -0.3 is 16.0 Å². The Balaban J connectivity index is 1.87. The molecule has 0 atom stereocenters. The zero-order chi connectivity index (χ0) is 14.2. The molecule has 0 aliphatic heterocycles. The van der Waals surface area contributed by atoms with Crippen LogP contribution in [0.1, 0.15) is 19.3 Å². The lowest BCUT2D eigenvalue weighted by molar-refractivity contribution is 0.0739. The van der Waals surface area contributed by atoms with Gasteiger partial charge in [-0.25, -0.2) is 0 Å². The summed E-state index contributed by atoms with van der Waals surface area (Å²) in [5, 5.41) is 4.70. The molecular formula is C16H22N4. The topological polar surface area (TPSA) is 54.2 Å². The number of hydrogen-bond donors (Lipinski definition) is 2. The van der Waals surface area contributed by atoms with Crippen molar-refractivity contribution in [3.8, 4) is 0 Å². The van der Waals surface area contributed by atoms with Gasteiger partial charge in [-0.05, 0) is 57.6 Å². The monoisotopic (exact) mass is 270 g/mol. The quantitative estimate of drug-likeness (QED) is 0.839. The normalized spacial score (nSPS) is 17.1. The van der Waals surface area contributed by atoms with Crippen LogP contribution in [0, 0.1) is 0 Å². The zero-order valence-electron chi connectivity index (χ0n) is 12.2. The Morgan fingerprint density at radius 3 is 2.75 bits per heavy atom. The summed E-state index contributed by atoms with van der Waals surface area (Å²) in [5.41, 5.74) is 9.03. The van der Waals surface area contributed by atoms with Crippen LogP contribution in [0.2, 0.25) is 0 Å². The predicted octanol–water partition coefficient (Wildman–Crippen LogP) is 2.71. The van der Waals surface area contributed by atoms with E-state index >= 15 is 0 Å². The molecule has 20 heavy (non-hydrogen) atoms. The molecule has 1 saturated carbocycles. The van der Waals surface area contributed by atoms with Gasteiger partial charge in [0.05, 0.1) is 11.2 Å². The molecule has 4 nitrogen and oxygen atoms in total. The van der Waals surface area contributed by atoms with Gasteiger partial charge >= 0.3 is 0 Å². The molecule has 0 saturated heterocycles. The highest BCUT2D eigenvalue weighted by molar-refractivity contribution is 5.98. The maximum atomic E-state index is 5.99. The summed E-state index contributed by atoms with van der Waals surface area (Å²) >= 11 is 0. The highest BCUT2D eigenvalue weighted by atomic mass is 15.2. The molecule has 0 bridgehead atoms. The third-order valence-electron chi connectivity index (χ3n) is 4.64. The summed E-state index contributed by atoms with van der Waals surface area (Å²) in [7, 11) is 4.34. The van der Waals surface area contributed by atoms with E-state index in [0.717, 1.165) is 28.8 Å². The lowest BCUT2D eigenvalue weighted by Crippen LogP contribution is -2.54. The molecule has 106 valence electrons. The molecule has 1 aliphatic rings. The van der Waals surface area contributed by atoms with Crippen LogP contribution in [-0.2, 0) is 0 Å². The number of nitrogen functional groups attached to an aromatic ring is 1. The number of rotatable bonds is 4. The fraction of sp³-hybridized carbons (Fsp3) is 0.438. The maximum Gasteiger partial charge on any atom is 0.0951 e. The second-order valence-electron chi connectivity index (χ2n) is 5.93. The molecule has 1 aromatic heterocycles. The van der Waals surface area contributed by atoms with Crippen LogP contribution in [0.25, 0.3) is 10.9 Å². The molecule has 4 heteroatoms. The fourth-order valence-electron chi connectivity index (χ4n) is 2.98. The van der Waals surface area contributed by atoms with E-state index in [1.165, 1.54) is 19.3 Å². The molecule has 0 radical (unpaired) electrons. The number of nitrogens with one attached hydrogen (secondary N) is 1. The van der Waals surface area contributed by atoms with Crippen molar-refractivity contribution in [1.82, 2.24) is 9.88 Å². The molecule has 1 aliphatic carbocycles. The van der Waals surface area contributed by atoms with E-state index in [2.05, 4.69) is 41.4 Å². The number of benzene rings is 1. The molecule has 0 amide bonds. The van der Waals surface area contributed by atoms with Gasteiger partial charge in [0.2, 0.25) is 0 Å². The molecule has 0 unspecified atom stereocenters. The van der Waals surface area contributed by atoms with E-state index in [1.54, 1.807) is 6.20 Å². The van der Waals surface area contributed by atoms with Crippen molar-refractivity contribution in [2.45, 2.75) is 24.8 Å². The van der Waals surface area contributed by atoms with E-state index in [1.807, 2.05) is 12.1 Å². The Kier molecular flexibility index (Phi) is 3.26. The first-order valence-electron chi connectivity index (χ1n) is 7.17. The third-order valence-corrected chi connectivity index (χ3v) is 4.64. The van der Waals surface area contributed by atoms with Crippen LogP contribution in [0.5, 0.6) is 0 Å². The summed E-state index contributed by atoms with van der Waals surface area (Å²) < 4.78 is 0. The molecule has 2 aromatic rings. The van der Waals surface area contributed by atoms with Crippen LogP contribution in [-0.4, -0.2) is 36.1 Å². The smallest absolute Gasteiger partial charge is 0.0951 e. The fourth-order valence-corrected chi connectivity index (χ4v) is 2.98. The van der Waals surface area contributed by atoms with Gasteiger partial charge in [0.25, 0.3) is 0 Å². The highest BCUT2D eigenvalue weighted by Crippen LogP contribution is 2.37. The lowest BCUT2D eigenvalue weighted by Gasteiger charge is -2.47. The minimum absolute atomic E-state index is 0.302. The Morgan fingerprint density at radius 1 is 1.30 bits per heavy atom. The van der Waals surface area contributed by atoms with Crippen LogP contribution < -0.4 is 11.1 Å². The Morgan fingerprint density at radius 2 is 2.10 bits per heavy atom. The SMILES string of the molecule is CN(C)C1(CNc2ccc(N)c3ncccc23)CCC1. The van der Waals surface area contributed by atoms with Crippen LogP contribution in [0.4, 0.5) is 11.4 Å². The maximum absolute atomic E-state index is 5.99. The molecular weight excluding hydrogens is 248 g/mol. The first-order chi connectivity index (χ1) is 9.62. The molecule has 1 heterocycles. The number of likely N-dealkylation sites (N-methyl/N-ethyl adjacent to an activating group) is 1. The average Bonchev–Trinajstić information content (AvgIpc) is 2.40. The number of anilines is 2. The van der Waals surface area contributed by atoms with Crippen LogP contribution >= 0.6 is 0 Å². The van der Waals surface area contributed by atoms with Crippen molar-refractivity contribution in [1.29, 1.82) is 0 Å². The van der Waals surface area contributed by atoms with Crippen molar-refractivity contribution >= 4 is 22.3 Å². The van der Waals surface area contributed by atoms with E-state index in [9.17, 15) is 0 Å². The number of nitrogens with zero attached hydrogens (tertiary/aromatic N) is 2. The minimum atomic E-state index is 0.302. The zero-order valence-corrected chi connectivity index (χ0v) is 12.2. The van der Waals surface area contributed by atoms with E-state index in [-0.39, 0.29) is 0 Å². The first kappa shape index (κ1) is 13.2. The summed E-state index contributed by atoms with van der Waals surface area (Å²) in [6.45, 7) is 0.966. The van der Waals surface area contributed by atoms with Gasteiger partial charge in [-0.15, -0.1) is 0 Å². The summed E-state index contributed by atoms with van der Waals surface area (Å²) in [5.74, 6) is 0. The van der Waals surface area contributed by atoms with Crippen LogP contribution in [0.3, 0.4) is 0 Å². The Labute approximate surface area is 120 Å². The number of nitrogens with two attached hydrogens (primary N) is 1. The largest absolute Gasteiger partial charge is 0.397 e. The number of hydrogen-bond acceptors (Lipinski definition) is 4. The molecule has 3 rings (SSSR count). The molecule has 0 spiro atoms. The summed E-state index contributed by atoms with van der Waals surface area (Å²) in [4.78, 5) is 6.73. The standard InChI is InChI=1S/C16H22N4/c1-20(2)16(8-4-9-16)11-19-14-7-6-13(17)15-12(14)5-3-10-18-15/h3,5-7,10,19H,4,8-9,11,17H2,1-2H3. The first-order valence-corrected chi connectivity index (χ1v) is 7.17. The Bertz CT molecular complexity index is 617. The average molecular weight is 270 g/mol. The lowest BCUT2D eigenvalue weighted by atomic mass is 9.75. The van der Waals surface area contributed by atoms with Gasteiger partial charge in [0, 0.05) is 29.4 Å². The number of fused-ring (bicyclic) bond motifs is 1. The third kappa shape index (κ3) is 2.10. The van der Waals surface area contributed by atoms with Gasteiger partial charge in [-0.1, -0.05) is 0 Å². The Hall–Kier alpha value is -1.81. The van der Waals surface area contributed by atoms with E-state index < -0.39 is 0 Å². The second kappa shape index (κ2) is 4.94. The van der Waals surface area contributed by atoms with Crippen LogP contribution in [0.15, 0.2) is 30.5 Å². The van der Waals surface area contributed by atoms with Crippen molar-refractivity contribution in [3.05, 3.63) is 30.5 Å². The number of aromatic nitrogens is 1. The van der Waals surface area contributed by atoms with E-state index in [4.69, 9.17) is 5.73 Å². The van der Waals surface area contributed by atoms with Crippen molar-refractivity contribution in [2.75, 3.05) is 31.7 Å². The molecule has 1 aromatic carbocycles. The van der Waals surface area contributed by atoms with Crippen molar-refractivity contribution in [3.63, 3.8) is 0 Å². The minimum Gasteiger partial charge on any atom is -0.397 e. The van der Waals surface area contributed by atoms with Crippen molar-refractivity contribution in [2.24, 2.45) is 0 Å². The summed E-state index contributed by atoms with van der Waals surface area (Å²) in [6, 6.07) is 8.02. The second-order valence-corrected chi connectivity index (χ2v) is 5.93. The van der Waals surface area contributed by atoms with Gasteiger partial charge in [0.1, 0.15) is 0 Å². The highest BCUT2D eigenvalue weighted by Gasteiger charge is 2.38. The van der Waals surface area contributed by atoms with Crippen molar-refractivity contribution < 1.29 is 0 Å². The number of pyridine rings is 1. The predicted molar refractivity (Wildman–Crippen MR) is 84.9 cm³/mol. The van der Waals surface area contributed by atoms with E-state index in [0.29, 0.717) is 5.54 Å². The summed E-state index contributed by atoms with van der Waals surface area (Å²) in [6.07, 6.45) is 5.63. The van der Waals surface area contributed by atoms with Gasteiger partial charge in [0.15, 0.2) is 0 Å². The molecule has 1 fully saturated rings. The molecule has 3 N–H and O–H groups in total.